The lowest BCUT2D eigenvalue weighted by Crippen LogP contribution is -1.98. The molecule has 0 bridgehead atoms. The molecule has 3 heterocycles. The van der Waals surface area contributed by atoms with E-state index < -0.39 is 0 Å². The molecule has 0 saturated heterocycles. The van der Waals surface area contributed by atoms with Crippen molar-refractivity contribution in [2.24, 2.45) is 0 Å². The maximum absolute atomic E-state index is 6.07. The van der Waals surface area contributed by atoms with E-state index in [1.54, 1.807) is 0 Å². The SMILES string of the molecule is CCc1ccc(Oc2cccc(-c3ccc4c5ccccc5n(-c5cc(CC)ccn5)c4c3)c2)nc1. The van der Waals surface area contributed by atoms with Crippen LogP contribution in [0.15, 0.2) is 103 Å². The second-order valence-electron chi connectivity index (χ2n) is 8.95. The third-order valence-electron chi connectivity index (χ3n) is 6.72. The summed E-state index contributed by atoms with van der Waals surface area (Å²) in [5, 5.41) is 2.44. The molecule has 0 atom stereocenters. The maximum atomic E-state index is 6.07. The van der Waals surface area contributed by atoms with Gasteiger partial charge in [0.2, 0.25) is 5.88 Å². The van der Waals surface area contributed by atoms with Crippen LogP contribution in [0.3, 0.4) is 0 Å². The molecule has 3 aromatic carbocycles. The van der Waals surface area contributed by atoms with E-state index >= 15 is 0 Å². The van der Waals surface area contributed by atoms with Crippen LogP contribution in [0.4, 0.5) is 0 Å². The lowest BCUT2D eigenvalue weighted by Gasteiger charge is -2.10. The molecule has 0 spiro atoms. The zero-order valence-electron chi connectivity index (χ0n) is 20.5. The summed E-state index contributed by atoms with van der Waals surface area (Å²) < 4.78 is 8.34. The quantitative estimate of drug-likeness (QED) is 0.247. The number of pyridine rings is 2. The van der Waals surface area contributed by atoms with Crippen LogP contribution in [0, 0.1) is 0 Å². The van der Waals surface area contributed by atoms with Gasteiger partial charge in [0, 0.05) is 29.2 Å². The van der Waals surface area contributed by atoms with Crippen molar-refractivity contribution in [1.82, 2.24) is 14.5 Å². The zero-order chi connectivity index (χ0) is 24.5. The van der Waals surface area contributed by atoms with Gasteiger partial charge in [-0.2, -0.15) is 0 Å². The second-order valence-corrected chi connectivity index (χ2v) is 8.95. The summed E-state index contributed by atoms with van der Waals surface area (Å²) >= 11 is 0. The van der Waals surface area contributed by atoms with Crippen molar-refractivity contribution in [2.45, 2.75) is 26.7 Å². The molecule has 0 N–H and O–H groups in total. The number of para-hydroxylation sites is 1. The minimum absolute atomic E-state index is 0.599. The van der Waals surface area contributed by atoms with Crippen LogP contribution in [0.1, 0.15) is 25.0 Å². The van der Waals surface area contributed by atoms with E-state index in [9.17, 15) is 0 Å². The fraction of sp³-hybridized carbons (Fsp3) is 0.125. The number of ether oxygens (including phenoxy) is 1. The molecule has 0 fully saturated rings. The Balaban J connectivity index is 1.45. The number of benzene rings is 3. The van der Waals surface area contributed by atoms with Crippen LogP contribution in [-0.4, -0.2) is 14.5 Å². The van der Waals surface area contributed by atoms with Crippen molar-refractivity contribution in [2.75, 3.05) is 0 Å². The number of hydrogen-bond acceptors (Lipinski definition) is 3. The number of fused-ring (bicyclic) bond motifs is 3. The van der Waals surface area contributed by atoms with Crippen molar-refractivity contribution >= 4 is 21.8 Å². The number of hydrogen-bond donors (Lipinski definition) is 0. The van der Waals surface area contributed by atoms with Gasteiger partial charge in [-0.1, -0.05) is 62.4 Å². The zero-order valence-corrected chi connectivity index (χ0v) is 20.5. The lowest BCUT2D eigenvalue weighted by molar-refractivity contribution is 0.463. The molecular formula is C32H27N3O. The fourth-order valence-electron chi connectivity index (χ4n) is 4.74. The molecule has 0 amide bonds. The lowest BCUT2D eigenvalue weighted by atomic mass is 10.0. The molecule has 6 rings (SSSR count). The molecule has 3 aromatic heterocycles. The smallest absolute Gasteiger partial charge is 0.219 e. The highest BCUT2D eigenvalue weighted by Crippen LogP contribution is 2.35. The van der Waals surface area contributed by atoms with Crippen molar-refractivity contribution in [3.63, 3.8) is 0 Å². The summed E-state index contributed by atoms with van der Waals surface area (Å²) in [6, 6.07) is 31.6. The Morgan fingerprint density at radius 3 is 2.33 bits per heavy atom. The minimum Gasteiger partial charge on any atom is -0.439 e. The molecular weight excluding hydrogens is 442 g/mol. The highest BCUT2D eigenvalue weighted by atomic mass is 16.5. The molecule has 0 saturated carbocycles. The van der Waals surface area contributed by atoms with Gasteiger partial charge in [-0.25, -0.2) is 9.97 Å². The van der Waals surface area contributed by atoms with Crippen molar-refractivity contribution < 1.29 is 4.74 Å². The maximum Gasteiger partial charge on any atom is 0.219 e. The first-order valence-electron chi connectivity index (χ1n) is 12.4. The second kappa shape index (κ2) is 9.31. The van der Waals surface area contributed by atoms with Gasteiger partial charge in [0.05, 0.1) is 11.0 Å². The Morgan fingerprint density at radius 2 is 1.50 bits per heavy atom. The molecule has 0 radical (unpaired) electrons. The molecule has 4 nitrogen and oxygen atoms in total. The van der Waals surface area contributed by atoms with Crippen LogP contribution >= 0.6 is 0 Å². The van der Waals surface area contributed by atoms with E-state index in [0.29, 0.717) is 5.88 Å². The summed E-state index contributed by atoms with van der Waals surface area (Å²) in [7, 11) is 0. The van der Waals surface area contributed by atoms with Gasteiger partial charge in [-0.15, -0.1) is 0 Å². The molecule has 4 heteroatoms. The summed E-state index contributed by atoms with van der Waals surface area (Å²) in [4.78, 5) is 9.18. The fourth-order valence-corrected chi connectivity index (χ4v) is 4.74. The topological polar surface area (TPSA) is 39.9 Å². The monoisotopic (exact) mass is 469 g/mol. The van der Waals surface area contributed by atoms with Gasteiger partial charge in [-0.05, 0) is 71.5 Å². The van der Waals surface area contributed by atoms with E-state index in [0.717, 1.165) is 46.6 Å². The molecule has 0 aliphatic carbocycles. The highest BCUT2D eigenvalue weighted by molar-refractivity contribution is 6.10. The minimum atomic E-state index is 0.599. The predicted octanol–water partition coefficient (Wildman–Crippen LogP) is 8.16. The van der Waals surface area contributed by atoms with E-state index in [2.05, 4.69) is 96.2 Å². The average Bonchev–Trinajstić information content (AvgIpc) is 3.27. The third-order valence-corrected chi connectivity index (χ3v) is 6.72. The summed E-state index contributed by atoms with van der Waals surface area (Å²) in [5.41, 5.74) is 6.97. The van der Waals surface area contributed by atoms with Gasteiger partial charge in [0.1, 0.15) is 11.6 Å². The Hall–Kier alpha value is -4.44. The van der Waals surface area contributed by atoms with Gasteiger partial charge >= 0.3 is 0 Å². The Bertz CT molecular complexity index is 1680. The van der Waals surface area contributed by atoms with E-state index in [1.165, 1.54) is 21.9 Å². The summed E-state index contributed by atoms with van der Waals surface area (Å²) in [5.74, 6) is 2.31. The van der Waals surface area contributed by atoms with E-state index in [-0.39, 0.29) is 0 Å². The van der Waals surface area contributed by atoms with Gasteiger partial charge in [0.15, 0.2) is 0 Å². The number of nitrogens with zero attached hydrogens (tertiary/aromatic N) is 3. The first-order valence-corrected chi connectivity index (χ1v) is 12.4. The summed E-state index contributed by atoms with van der Waals surface area (Å²) in [6.07, 6.45) is 5.70. The normalized spacial score (nSPS) is 11.3. The van der Waals surface area contributed by atoms with Crippen LogP contribution in [0.2, 0.25) is 0 Å². The molecule has 0 aliphatic heterocycles. The van der Waals surface area contributed by atoms with Crippen molar-refractivity contribution in [3.8, 4) is 28.6 Å². The van der Waals surface area contributed by atoms with Crippen LogP contribution in [-0.2, 0) is 12.8 Å². The highest BCUT2D eigenvalue weighted by Gasteiger charge is 2.14. The molecule has 176 valence electrons. The van der Waals surface area contributed by atoms with E-state index in [4.69, 9.17) is 9.72 Å². The Morgan fingerprint density at radius 1 is 0.667 bits per heavy atom. The first-order chi connectivity index (χ1) is 17.7. The van der Waals surface area contributed by atoms with E-state index in [1.807, 2.05) is 30.6 Å². The van der Waals surface area contributed by atoms with Crippen molar-refractivity contribution in [1.29, 1.82) is 0 Å². The molecule has 0 aliphatic rings. The van der Waals surface area contributed by atoms with Crippen LogP contribution in [0.25, 0.3) is 38.8 Å². The number of rotatable bonds is 6. The van der Waals surface area contributed by atoms with Crippen LogP contribution in [0.5, 0.6) is 11.6 Å². The number of aromatic nitrogens is 3. The largest absolute Gasteiger partial charge is 0.439 e. The van der Waals surface area contributed by atoms with Crippen LogP contribution < -0.4 is 4.74 Å². The average molecular weight is 470 g/mol. The van der Waals surface area contributed by atoms with Crippen molar-refractivity contribution in [3.05, 3.63) is 115 Å². The Kier molecular flexibility index (Phi) is 5.70. The standard InChI is InChI=1S/C32H27N3O/c1-3-22-16-17-33-31(18-22)35-29-11-6-5-10-27(29)28-14-13-25(20-30(28)35)24-8-7-9-26(19-24)36-32-15-12-23(4-2)21-34-32/h5-21H,3-4H2,1-2H3. The predicted molar refractivity (Wildman–Crippen MR) is 147 cm³/mol. The Labute approximate surface area is 210 Å². The van der Waals surface area contributed by atoms with Gasteiger partial charge < -0.3 is 4.74 Å². The molecule has 0 unspecified atom stereocenters. The molecule has 36 heavy (non-hydrogen) atoms. The van der Waals surface area contributed by atoms with Gasteiger partial charge in [0.25, 0.3) is 0 Å². The summed E-state index contributed by atoms with van der Waals surface area (Å²) in [6.45, 7) is 4.29. The van der Waals surface area contributed by atoms with Gasteiger partial charge in [-0.3, -0.25) is 4.57 Å². The first kappa shape index (κ1) is 22.1. The third kappa shape index (κ3) is 4.01. The molecule has 6 aromatic rings. The number of aryl methyl sites for hydroxylation is 2.